The average molecular weight is 316 g/mol. The Morgan fingerprint density at radius 1 is 1.28 bits per heavy atom. The van der Waals surface area contributed by atoms with Gasteiger partial charge in [0.2, 0.25) is 5.91 Å². The second kappa shape index (κ2) is 6.40. The quantitative estimate of drug-likeness (QED) is 0.699. The highest BCUT2D eigenvalue weighted by molar-refractivity contribution is 9.09. The molecule has 2 aliphatic rings. The number of hydrogen-bond donors (Lipinski definition) is 0. The molecule has 0 aromatic rings. The number of nitrogens with zero attached hydrogens (tertiary/aromatic N) is 1. The fourth-order valence-electron chi connectivity index (χ4n) is 3.63. The van der Waals surface area contributed by atoms with E-state index in [9.17, 15) is 4.79 Å². The number of piperidine rings is 1. The Morgan fingerprint density at radius 3 is 2.39 bits per heavy atom. The Labute approximate surface area is 120 Å². The molecule has 2 bridgehead atoms. The predicted molar refractivity (Wildman–Crippen MR) is 78.9 cm³/mol. The van der Waals surface area contributed by atoms with E-state index in [4.69, 9.17) is 0 Å². The van der Waals surface area contributed by atoms with Crippen LogP contribution in [0.2, 0.25) is 0 Å². The van der Waals surface area contributed by atoms with Gasteiger partial charge in [0.1, 0.15) is 0 Å². The van der Waals surface area contributed by atoms with Gasteiger partial charge >= 0.3 is 0 Å². The van der Waals surface area contributed by atoms with Crippen molar-refractivity contribution in [2.24, 2.45) is 5.92 Å². The van der Waals surface area contributed by atoms with Crippen LogP contribution in [0.25, 0.3) is 0 Å². The number of halogens is 1. The van der Waals surface area contributed by atoms with E-state index < -0.39 is 0 Å². The molecule has 0 aliphatic carbocycles. The summed E-state index contributed by atoms with van der Waals surface area (Å²) < 4.78 is 0. The van der Waals surface area contributed by atoms with Crippen molar-refractivity contribution in [3.8, 4) is 0 Å². The van der Waals surface area contributed by atoms with Crippen LogP contribution in [-0.2, 0) is 4.79 Å². The number of carbonyl (C=O) groups is 1. The third kappa shape index (κ3) is 2.92. The van der Waals surface area contributed by atoms with Crippen LogP contribution in [0.5, 0.6) is 0 Å². The van der Waals surface area contributed by atoms with Gasteiger partial charge in [0.05, 0.1) is 0 Å². The van der Waals surface area contributed by atoms with E-state index in [0.29, 0.717) is 22.8 Å². The summed E-state index contributed by atoms with van der Waals surface area (Å²) in [5, 5.41) is 0. The number of unbranched alkanes of at least 4 members (excludes halogenated alkanes) is 1. The summed E-state index contributed by atoms with van der Waals surface area (Å²) in [5.74, 6) is 0.734. The zero-order valence-corrected chi connectivity index (χ0v) is 13.3. The zero-order valence-electron chi connectivity index (χ0n) is 11.7. The molecule has 0 N–H and O–H groups in total. The van der Waals surface area contributed by atoms with Gasteiger partial charge in [-0.2, -0.15) is 0 Å². The van der Waals surface area contributed by atoms with E-state index in [-0.39, 0.29) is 5.92 Å². The lowest BCUT2D eigenvalue weighted by Crippen LogP contribution is -2.49. The van der Waals surface area contributed by atoms with Gasteiger partial charge in [-0.3, -0.25) is 4.79 Å². The highest BCUT2D eigenvalue weighted by atomic mass is 79.9. The molecule has 1 amide bonds. The smallest absolute Gasteiger partial charge is 0.226 e. The van der Waals surface area contributed by atoms with E-state index in [1.54, 1.807) is 0 Å². The van der Waals surface area contributed by atoms with Crippen LogP contribution < -0.4 is 0 Å². The fourth-order valence-corrected chi connectivity index (χ4v) is 4.50. The van der Waals surface area contributed by atoms with Crippen molar-refractivity contribution in [3.05, 3.63) is 0 Å². The predicted octanol–water partition coefficient (Wildman–Crippen LogP) is 4.12. The van der Waals surface area contributed by atoms with E-state index in [0.717, 1.165) is 25.7 Å². The summed E-state index contributed by atoms with van der Waals surface area (Å²) in [4.78, 5) is 15.6. The molecule has 2 aliphatic heterocycles. The van der Waals surface area contributed by atoms with Crippen LogP contribution in [0.3, 0.4) is 0 Å². The van der Waals surface area contributed by atoms with Gasteiger partial charge < -0.3 is 4.90 Å². The molecule has 0 saturated carbocycles. The SMILES string of the molecule is CCCCC(CC)C(=O)N1C2CCC1CC(Br)C2. The Bertz CT molecular complexity index is 280. The topological polar surface area (TPSA) is 20.3 Å². The Kier molecular flexibility index (Phi) is 5.11. The molecule has 2 saturated heterocycles. The normalized spacial score (nSPS) is 32.6. The van der Waals surface area contributed by atoms with Crippen LogP contribution in [0.15, 0.2) is 0 Å². The molecule has 3 heteroatoms. The Hall–Kier alpha value is -0.0500. The van der Waals surface area contributed by atoms with E-state index in [2.05, 4.69) is 34.7 Å². The molecular formula is C15H26BrNO. The fraction of sp³-hybridized carbons (Fsp3) is 0.933. The van der Waals surface area contributed by atoms with Crippen molar-refractivity contribution >= 4 is 21.8 Å². The molecule has 0 aromatic carbocycles. The summed E-state index contributed by atoms with van der Waals surface area (Å²) in [5.41, 5.74) is 0. The van der Waals surface area contributed by atoms with Gasteiger partial charge in [-0.25, -0.2) is 0 Å². The van der Waals surface area contributed by atoms with Crippen molar-refractivity contribution in [2.75, 3.05) is 0 Å². The van der Waals surface area contributed by atoms with E-state index >= 15 is 0 Å². The van der Waals surface area contributed by atoms with Gasteiger partial charge in [0, 0.05) is 22.8 Å². The lowest BCUT2D eigenvalue weighted by molar-refractivity contribution is -0.140. The van der Waals surface area contributed by atoms with Crippen LogP contribution in [-0.4, -0.2) is 27.7 Å². The maximum Gasteiger partial charge on any atom is 0.226 e. The van der Waals surface area contributed by atoms with Gasteiger partial charge in [0.25, 0.3) is 0 Å². The Morgan fingerprint density at radius 2 is 1.89 bits per heavy atom. The second-order valence-corrected chi connectivity index (χ2v) is 7.24. The molecular weight excluding hydrogens is 290 g/mol. The monoisotopic (exact) mass is 315 g/mol. The highest BCUT2D eigenvalue weighted by Crippen LogP contribution is 2.39. The third-order valence-corrected chi connectivity index (χ3v) is 5.43. The molecule has 2 heterocycles. The maximum atomic E-state index is 12.7. The van der Waals surface area contributed by atoms with Gasteiger partial charge in [-0.15, -0.1) is 0 Å². The highest BCUT2D eigenvalue weighted by Gasteiger charge is 2.43. The molecule has 3 atom stereocenters. The molecule has 18 heavy (non-hydrogen) atoms. The summed E-state index contributed by atoms with van der Waals surface area (Å²) in [6.45, 7) is 4.37. The first-order valence-electron chi connectivity index (χ1n) is 7.63. The lowest BCUT2D eigenvalue weighted by Gasteiger charge is -2.39. The van der Waals surface area contributed by atoms with Crippen molar-refractivity contribution < 1.29 is 4.79 Å². The summed E-state index contributed by atoms with van der Waals surface area (Å²) in [7, 11) is 0. The number of hydrogen-bond acceptors (Lipinski definition) is 1. The summed E-state index contributed by atoms with van der Waals surface area (Å²) in [6.07, 6.45) is 9.24. The lowest BCUT2D eigenvalue weighted by atomic mass is 9.94. The van der Waals surface area contributed by atoms with Crippen molar-refractivity contribution in [1.82, 2.24) is 4.90 Å². The van der Waals surface area contributed by atoms with Gasteiger partial charge in [0.15, 0.2) is 0 Å². The summed E-state index contributed by atoms with van der Waals surface area (Å²) in [6, 6.07) is 1.05. The first-order valence-corrected chi connectivity index (χ1v) is 8.55. The maximum absolute atomic E-state index is 12.7. The number of fused-ring (bicyclic) bond motifs is 2. The second-order valence-electron chi connectivity index (χ2n) is 5.95. The van der Waals surface area contributed by atoms with E-state index in [1.165, 1.54) is 25.7 Å². The molecule has 2 nitrogen and oxygen atoms in total. The van der Waals surface area contributed by atoms with Crippen LogP contribution >= 0.6 is 15.9 Å². The van der Waals surface area contributed by atoms with E-state index in [1.807, 2.05) is 0 Å². The largest absolute Gasteiger partial charge is 0.336 e. The minimum atomic E-state index is 0.278. The first kappa shape index (κ1) is 14.4. The zero-order chi connectivity index (χ0) is 13.1. The first-order chi connectivity index (χ1) is 8.67. The Balaban J connectivity index is 2.00. The molecule has 0 aromatic heterocycles. The van der Waals surface area contributed by atoms with Gasteiger partial charge in [-0.05, 0) is 38.5 Å². The number of carbonyl (C=O) groups excluding carboxylic acids is 1. The average Bonchev–Trinajstić information content (AvgIpc) is 2.62. The molecule has 0 spiro atoms. The molecule has 2 rings (SSSR count). The molecule has 0 radical (unpaired) electrons. The van der Waals surface area contributed by atoms with Crippen LogP contribution in [0, 0.1) is 5.92 Å². The minimum Gasteiger partial charge on any atom is -0.336 e. The van der Waals surface area contributed by atoms with Crippen LogP contribution in [0.1, 0.15) is 65.2 Å². The minimum absolute atomic E-state index is 0.278. The van der Waals surface area contributed by atoms with Crippen molar-refractivity contribution in [2.45, 2.75) is 82.1 Å². The standard InChI is InChI=1S/C15H26BrNO/c1-3-5-6-11(4-2)15(18)17-13-7-8-14(17)10-12(16)9-13/h11-14H,3-10H2,1-2H3. The molecule has 2 fully saturated rings. The molecule has 104 valence electrons. The van der Waals surface area contributed by atoms with Gasteiger partial charge in [-0.1, -0.05) is 42.6 Å². The number of amides is 1. The summed E-state index contributed by atoms with van der Waals surface area (Å²) >= 11 is 3.74. The number of alkyl halides is 1. The third-order valence-electron chi connectivity index (χ3n) is 4.68. The van der Waals surface area contributed by atoms with Crippen LogP contribution in [0.4, 0.5) is 0 Å². The van der Waals surface area contributed by atoms with Crippen molar-refractivity contribution in [3.63, 3.8) is 0 Å². The molecule has 3 unspecified atom stereocenters. The van der Waals surface area contributed by atoms with Crippen molar-refractivity contribution in [1.29, 1.82) is 0 Å². The number of rotatable bonds is 5.